The van der Waals surface area contributed by atoms with Gasteiger partial charge in [-0.25, -0.2) is 0 Å². The molecule has 0 bridgehead atoms. The second-order valence-corrected chi connectivity index (χ2v) is 5.53. The molecule has 21 heavy (non-hydrogen) atoms. The summed E-state index contributed by atoms with van der Waals surface area (Å²) in [6, 6.07) is 4.82. The van der Waals surface area contributed by atoms with Gasteiger partial charge in [-0.3, -0.25) is 4.79 Å². The molecule has 1 atom stereocenters. The highest BCUT2D eigenvalue weighted by Crippen LogP contribution is 2.26. The smallest absolute Gasteiger partial charge is 0.297 e. The van der Waals surface area contributed by atoms with Gasteiger partial charge in [0.25, 0.3) is 11.7 Å². The Kier molecular flexibility index (Phi) is 4.10. The fourth-order valence-corrected chi connectivity index (χ4v) is 2.59. The molecule has 1 unspecified atom stereocenters. The summed E-state index contributed by atoms with van der Waals surface area (Å²) in [6.07, 6.45) is 1.97. The predicted molar refractivity (Wildman–Crippen MR) is 78.7 cm³/mol. The number of nitrogens with zero attached hydrogens (tertiary/aromatic N) is 2. The molecule has 8 heteroatoms. The van der Waals surface area contributed by atoms with E-state index in [1.54, 1.807) is 18.2 Å². The number of rotatable bonds is 3. The first-order chi connectivity index (χ1) is 10.1. The minimum absolute atomic E-state index is 0.0234. The summed E-state index contributed by atoms with van der Waals surface area (Å²) in [7, 11) is 0. The van der Waals surface area contributed by atoms with Gasteiger partial charge in [-0.2, -0.15) is 4.98 Å². The number of amides is 1. The molecule has 0 spiro atoms. The molecule has 0 saturated carbocycles. The Balaban J connectivity index is 1.73. The van der Waals surface area contributed by atoms with Crippen LogP contribution in [0.1, 0.15) is 35.4 Å². The van der Waals surface area contributed by atoms with Gasteiger partial charge >= 0.3 is 0 Å². The van der Waals surface area contributed by atoms with E-state index in [0.717, 1.165) is 19.4 Å². The van der Waals surface area contributed by atoms with Crippen molar-refractivity contribution in [1.29, 1.82) is 0 Å². The summed E-state index contributed by atoms with van der Waals surface area (Å²) >= 11 is 11.8. The topological polar surface area (TPSA) is 80.0 Å². The Morgan fingerprint density at radius 1 is 1.43 bits per heavy atom. The molecule has 1 fully saturated rings. The molecule has 1 aromatic carbocycles. The maximum atomic E-state index is 12.1. The average Bonchev–Trinajstić information content (AvgIpc) is 3.10. The molecule has 2 N–H and O–H groups in total. The van der Waals surface area contributed by atoms with Crippen molar-refractivity contribution >= 4 is 34.8 Å². The van der Waals surface area contributed by atoms with E-state index in [2.05, 4.69) is 20.8 Å². The number of benzene rings is 1. The van der Waals surface area contributed by atoms with E-state index >= 15 is 0 Å². The first-order valence-electron chi connectivity index (χ1n) is 6.47. The molecule has 1 aromatic heterocycles. The molecule has 2 aromatic rings. The van der Waals surface area contributed by atoms with Gasteiger partial charge in [-0.1, -0.05) is 28.4 Å². The van der Waals surface area contributed by atoms with Crippen LogP contribution in [-0.2, 0) is 0 Å². The molecule has 1 amide bonds. The summed E-state index contributed by atoms with van der Waals surface area (Å²) in [4.78, 5) is 16.2. The molecule has 3 rings (SSSR count). The van der Waals surface area contributed by atoms with E-state index in [9.17, 15) is 4.79 Å². The zero-order valence-corrected chi connectivity index (χ0v) is 12.4. The summed E-state index contributed by atoms with van der Waals surface area (Å²) in [5.74, 6) is -0.0724. The Morgan fingerprint density at radius 3 is 3.00 bits per heavy atom. The molecular weight excluding hydrogens is 315 g/mol. The minimum atomic E-state index is -0.479. The van der Waals surface area contributed by atoms with Crippen molar-refractivity contribution in [3.8, 4) is 0 Å². The summed E-state index contributed by atoms with van der Waals surface area (Å²) < 4.78 is 5.12. The number of carbonyl (C=O) groups is 1. The third kappa shape index (κ3) is 3.18. The minimum Gasteiger partial charge on any atom is -0.337 e. The van der Waals surface area contributed by atoms with Crippen molar-refractivity contribution in [3.63, 3.8) is 0 Å². The van der Waals surface area contributed by atoms with Crippen LogP contribution in [0.2, 0.25) is 10.0 Å². The molecule has 110 valence electrons. The van der Waals surface area contributed by atoms with Crippen LogP contribution in [0.5, 0.6) is 0 Å². The molecule has 2 heterocycles. The van der Waals surface area contributed by atoms with Crippen LogP contribution in [0.4, 0.5) is 5.69 Å². The van der Waals surface area contributed by atoms with Gasteiger partial charge in [0.15, 0.2) is 0 Å². The fourth-order valence-electron chi connectivity index (χ4n) is 2.13. The highest BCUT2D eigenvalue weighted by Gasteiger charge is 2.24. The van der Waals surface area contributed by atoms with Gasteiger partial charge < -0.3 is 15.2 Å². The van der Waals surface area contributed by atoms with Crippen molar-refractivity contribution in [1.82, 2.24) is 15.5 Å². The lowest BCUT2D eigenvalue weighted by atomic mass is 10.2. The highest BCUT2D eigenvalue weighted by molar-refractivity contribution is 6.36. The predicted octanol–water partition coefficient (Wildman–Crippen LogP) is 3.05. The summed E-state index contributed by atoms with van der Waals surface area (Å²) in [6.45, 7) is 0.912. The zero-order valence-electron chi connectivity index (χ0n) is 10.9. The number of aromatic nitrogens is 2. The number of carbonyl (C=O) groups excluding carboxylic acids is 1. The van der Waals surface area contributed by atoms with Crippen molar-refractivity contribution in [2.75, 3.05) is 11.9 Å². The number of anilines is 1. The standard InChI is InChI=1S/C13H12Cl2N4O2/c14-7-3-4-9(8(15)6-7)17-12(20)11-18-13(21-19-11)10-2-1-5-16-10/h3-4,6,10,16H,1-2,5H2,(H,17,20). The molecule has 0 radical (unpaired) electrons. The monoisotopic (exact) mass is 326 g/mol. The number of hydrogen-bond donors (Lipinski definition) is 2. The lowest BCUT2D eigenvalue weighted by molar-refractivity contribution is 0.101. The van der Waals surface area contributed by atoms with Gasteiger partial charge in [-0.15, -0.1) is 0 Å². The van der Waals surface area contributed by atoms with Crippen molar-refractivity contribution in [2.24, 2.45) is 0 Å². The van der Waals surface area contributed by atoms with Gasteiger partial charge in [0.1, 0.15) is 0 Å². The Bertz CT molecular complexity index is 668. The first-order valence-corrected chi connectivity index (χ1v) is 7.22. The van der Waals surface area contributed by atoms with Crippen LogP contribution in [0.3, 0.4) is 0 Å². The Labute approximate surface area is 130 Å². The third-order valence-corrected chi connectivity index (χ3v) is 3.73. The molecule has 1 saturated heterocycles. The first kappa shape index (κ1) is 14.3. The van der Waals surface area contributed by atoms with Crippen LogP contribution >= 0.6 is 23.2 Å². The number of hydrogen-bond acceptors (Lipinski definition) is 5. The SMILES string of the molecule is O=C(Nc1ccc(Cl)cc1Cl)c1noc(C2CCCN2)n1. The lowest BCUT2D eigenvalue weighted by Gasteiger charge is -2.05. The summed E-state index contributed by atoms with van der Waals surface area (Å²) in [5, 5.41) is 10.4. The van der Waals surface area contributed by atoms with Crippen molar-refractivity contribution in [3.05, 3.63) is 40.0 Å². The number of halogens is 2. The quantitative estimate of drug-likeness (QED) is 0.906. The van der Waals surface area contributed by atoms with Crippen molar-refractivity contribution in [2.45, 2.75) is 18.9 Å². The largest absolute Gasteiger partial charge is 0.337 e. The van der Waals surface area contributed by atoms with Gasteiger partial charge in [0.05, 0.1) is 16.8 Å². The molecule has 6 nitrogen and oxygen atoms in total. The number of nitrogens with one attached hydrogen (secondary N) is 2. The van der Waals surface area contributed by atoms with E-state index in [0.29, 0.717) is 21.6 Å². The van der Waals surface area contributed by atoms with E-state index < -0.39 is 5.91 Å². The highest BCUT2D eigenvalue weighted by atomic mass is 35.5. The normalized spacial score (nSPS) is 17.9. The van der Waals surface area contributed by atoms with Crippen LogP contribution in [0.25, 0.3) is 0 Å². The summed E-state index contributed by atoms with van der Waals surface area (Å²) in [5.41, 5.74) is 0.441. The van der Waals surface area contributed by atoms with E-state index in [-0.39, 0.29) is 11.9 Å². The zero-order chi connectivity index (χ0) is 14.8. The maximum absolute atomic E-state index is 12.1. The maximum Gasteiger partial charge on any atom is 0.297 e. The molecule has 0 aliphatic carbocycles. The third-order valence-electron chi connectivity index (χ3n) is 3.18. The van der Waals surface area contributed by atoms with Gasteiger partial charge in [0, 0.05) is 5.02 Å². The molecule has 1 aliphatic heterocycles. The van der Waals surface area contributed by atoms with E-state index in [1.165, 1.54) is 0 Å². The van der Waals surface area contributed by atoms with E-state index in [1.807, 2.05) is 0 Å². The van der Waals surface area contributed by atoms with Crippen LogP contribution in [0, 0.1) is 0 Å². The molecular formula is C13H12Cl2N4O2. The van der Waals surface area contributed by atoms with Gasteiger partial charge in [0.2, 0.25) is 5.89 Å². The van der Waals surface area contributed by atoms with Crippen LogP contribution < -0.4 is 10.6 Å². The fraction of sp³-hybridized carbons (Fsp3) is 0.308. The molecule has 1 aliphatic rings. The Hall–Kier alpha value is -1.63. The van der Waals surface area contributed by atoms with Crippen LogP contribution in [0.15, 0.2) is 22.7 Å². The second-order valence-electron chi connectivity index (χ2n) is 4.68. The van der Waals surface area contributed by atoms with Gasteiger partial charge in [-0.05, 0) is 37.6 Å². The van der Waals surface area contributed by atoms with E-state index in [4.69, 9.17) is 27.7 Å². The second kappa shape index (κ2) is 6.01. The lowest BCUT2D eigenvalue weighted by Crippen LogP contribution is -2.16. The van der Waals surface area contributed by atoms with Crippen molar-refractivity contribution < 1.29 is 9.32 Å². The average molecular weight is 327 g/mol. The van der Waals surface area contributed by atoms with Crippen LogP contribution in [-0.4, -0.2) is 22.6 Å². The Morgan fingerprint density at radius 2 is 2.29 bits per heavy atom.